The molecule has 0 heterocycles. The Hall–Kier alpha value is -3.39. The Labute approximate surface area is 206 Å². The Morgan fingerprint density at radius 2 is 1.49 bits per heavy atom. The molecule has 0 spiro atoms. The molecule has 8 nitrogen and oxygen atoms in total. The first kappa shape index (κ1) is 26.2. The number of ether oxygens (including phenoxy) is 1. The maximum absolute atomic E-state index is 12.9. The molecular formula is C27H35N3O5. The van der Waals surface area contributed by atoms with Gasteiger partial charge in [0.1, 0.15) is 18.7 Å². The van der Waals surface area contributed by atoms with E-state index in [-0.39, 0.29) is 19.1 Å². The van der Waals surface area contributed by atoms with Crippen molar-refractivity contribution in [3.63, 3.8) is 0 Å². The van der Waals surface area contributed by atoms with Gasteiger partial charge in [0, 0.05) is 12.5 Å². The molecule has 8 heteroatoms. The molecule has 188 valence electrons. The van der Waals surface area contributed by atoms with Gasteiger partial charge in [-0.15, -0.1) is 0 Å². The van der Waals surface area contributed by atoms with Crippen molar-refractivity contribution in [2.75, 3.05) is 27.2 Å². The molecule has 3 rings (SSSR count). The predicted octanol–water partition coefficient (Wildman–Crippen LogP) is 3.46. The number of alkyl carbamates (subject to hydrolysis) is 1. The average molecular weight is 482 g/mol. The van der Waals surface area contributed by atoms with Crippen LogP contribution in [0.15, 0.2) is 48.5 Å². The first-order valence-electron chi connectivity index (χ1n) is 12.0. The summed E-state index contributed by atoms with van der Waals surface area (Å²) in [7, 11) is 3.46. The number of hydrogen-bond donors (Lipinski definition) is 3. The van der Waals surface area contributed by atoms with Crippen LogP contribution >= 0.6 is 0 Å². The summed E-state index contributed by atoms with van der Waals surface area (Å²) in [5.41, 5.74) is 4.46. The second-order valence-corrected chi connectivity index (χ2v) is 9.66. The second kappa shape index (κ2) is 11.8. The molecule has 3 N–H and O–H groups in total. The number of rotatable bonds is 11. The minimum absolute atomic E-state index is 0.0902. The minimum Gasteiger partial charge on any atom is -0.480 e. The largest absolute Gasteiger partial charge is 0.480 e. The Balaban J connectivity index is 1.67. The van der Waals surface area contributed by atoms with E-state index < -0.39 is 30.1 Å². The number of carbonyl (C=O) groups is 3. The highest BCUT2D eigenvalue weighted by atomic mass is 16.5. The van der Waals surface area contributed by atoms with Gasteiger partial charge in [-0.25, -0.2) is 9.59 Å². The van der Waals surface area contributed by atoms with Crippen LogP contribution in [0.3, 0.4) is 0 Å². The van der Waals surface area contributed by atoms with Crippen molar-refractivity contribution < 1.29 is 24.2 Å². The van der Waals surface area contributed by atoms with E-state index in [0.717, 1.165) is 22.3 Å². The van der Waals surface area contributed by atoms with E-state index in [1.165, 1.54) is 0 Å². The third-order valence-electron chi connectivity index (χ3n) is 6.15. The third kappa shape index (κ3) is 6.82. The lowest BCUT2D eigenvalue weighted by molar-refractivity contribution is -0.142. The van der Waals surface area contributed by atoms with Crippen LogP contribution in [0, 0.1) is 5.92 Å². The van der Waals surface area contributed by atoms with Gasteiger partial charge in [0.05, 0.1) is 0 Å². The van der Waals surface area contributed by atoms with Gasteiger partial charge in [-0.1, -0.05) is 62.4 Å². The van der Waals surface area contributed by atoms with E-state index in [1.54, 1.807) is 19.0 Å². The number of carbonyl (C=O) groups excluding carboxylic acids is 2. The fraction of sp³-hybridized carbons (Fsp3) is 0.444. The molecule has 1 aliphatic carbocycles. The van der Waals surface area contributed by atoms with Gasteiger partial charge < -0.3 is 25.4 Å². The number of benzene rings is 2. The zero-order valence-corrected chi connectivity index (χ0v) is 20.8. The van der Waals surface area contributed by atoms with Crippen molar-refractivity contribution in [2.24, 2.45) is 5.92 Å². The molecule has 0 aromatic heterocycles. The smallest absolute Gasteiger partial charge is 0.407 e. The molecule has 2 aromatic rings. The lowest BCUT2D eigenvalue weighted by Gasteiger charge is -2.24. The first-order chi connectivity index (χ1) is 16.7. The van der Waals surface area contributed by atoms with Crippen molar-refractivity contribution in [1.82, 2.24) is 15.5 Å². The summed E-state index contributed by atoms with van der Waals surface area (Å²) in [6.45, 7) is 4.32. The number of hydrogen-bond acceptors (Lipinski definition) is 5. The van der Waals surface area contributed by atoms with Gasteiger partial charge in [-0.05, 0) is 55.1 Å². The van der Waals surface area contributed by atoms with Gasteiger partial charge in [-0.2, -0.15) is 0 Å². The van der Waals surface area contributed by atoms with Crippen LogP contribution in [0.1, 0.15) is 43.7 Å². The highest BCUT2D eigenvalue weighted by Gasteiger charge is 2.31. The molecule has 0 radical (unpaired) electrons. The monoisotopic (exact) mass is 481 g/mol. The van der Waals surface area contributed by atoms with Crippen molar-refractivity contribution in [3.8, 4) is 11.1 Å². The molecule has 2 aromatic carbocycles. The summed E-state index contributed by atoms with van der Waals surface area (Å²) in [6, 6.07) is 14.1. The van der Waals surface area contributed by atoms with Crippen molar-refractivity contribution in [1.29, 1.82) is 0 Å². The molecule has 1 aliphatic rings. The van der Waals surface area contributed by atoms with Crippen LogP contribution in [-0.4, -0.2) is 67.3 Å². The molecular weight excluding hydrogens is 446 g/mol. The normalized spacial score (nSPS) is 14.2. The van der Waals surface area contributed by atoms with E-state index in [9.17, 15) is 19.5 Å². The number of likely N-dealkylation sites (N-methyl/N-ethyl adjacent to an activating group) is 1. The van der Waals surface area contributed by atoms with Crippen molar-refractivity contribution >= 4 is 18.0 Å². The van der Waals surface area contributed by atoms with Gasteiger partial charge >= 0.3 is 12.1 Å². The van der Waals surface area contributed by atoms with Crippen LogP contribution in [0.2, 0.25) is 0 Å². The van der Waals surface area contributed by atoms with Gasteiger partial charge in [-0.3, -0.25) is 4.79 Å². The Morgan fingerprint density at radius 3 is 2.00 bits per heavy atom. The van der Waals surface area contributed by atoms with E-state index in [0.29, 0.717) is 18.8 Å². The first-order valence-corrected chi connectivity index (χ1v) is 12.0. The van der Waals surface area contributed by atoms with Crippen molar-refractivity contribution in [2.45, 2.75) is 44.7 Å². The molecule has 2 atom stereocenters. The minimum atomic E-state index is -1.13. The zero-order chi connectivity index (χ0) is 25.5. The molecule has 0 saturated carbocycles. The molecule has 35 heavy (non-hydrogen) atoms. The molecule has 0 bridgehead atoms. The molecule has 0 saturated heterocycles. The molecule has 0 aliphatic heterocycles. The van der Waals surface area contributed by atoms with Gasteiger partial charge in [0.2, 0.25) is 5.91 Å². The number of carboxylic acid groups (broad SMARTS) is 1. The molecule has 2 amide bonds. The average Bonchev–Trinajstić information content (AvgIpc) is 3.13. The topological polar surface area (TPSA) is 108 Å². The Morgan fingerprint density at radius 1 is 0.914 bits per heavy atom. The highest BCUT2D eigenvalue weighted by Crippen LogP contribution is 2.44. The second-order valence-electron chi connectivity index (χ2n) is 9.66. The molecule has 0 fully saturated rings. The van der Waals surface area contributed by atoms with Crippen LogP contribution < -0.4 is 10.6 Å². The van der Waals surface area contributed by atoms with Crippen LogP contribution in [0.5, 0.6) is 0 Å². The van der Waals surface area contributed by atoms with E-state index in [2.05, 4.69) is 22.8 Å². The van der Waals surface area contributed by atoms with Gasteiger partial charge in [0.25, 0.3) is 0 Å². The predicted molar refractivity (Wildman–Crippen MR) is 134 cm³/mol. The maximum Gasteiger partial charge on any atom is 0.407 e. The number of aliphatic carboxylic acids is 1. The maximum atomic E-state index is 12.9. The highest BCUT2D eigenvalue weighted by molar-refractivity contribution is 5.89. The fourth-order valence-electron chi connectivity index (χ4n) is 4.37. The van der Waals surface area contributed by atoms with Crippen LogP contribution in [0.25, 0.3) is 11.1 Å². The third-order valence-corrected chi connectivity index (χ3v) is 6.15. The SMILES string of the molecule is CC(C)CCC(NC(=O)OCC1c2ccccc2-c2ccccc21)C(=O)N[C@@H](CN(C)C)C(=O)O. The van der Waals surface area contributed by atoms with E-state index in [1.807, 2.05) is 50.2 Å². The summed E-state index contributed by atoms with van der Waals surface area (Å²) in [5, 5.41) is 14.7. The zero-order valence-electron chi connectivity index (χ0n) is 20.8. The van der Waals surface area contributed by atoms with Crippen LogP contribution in [0.4, 0.5) is 4.79 Å². The Kier molecular flexibility index (Phi) is 8.87. The number of nitrogens with zero attached hydrogens (tertiary/aromatic N) is 1. The van der Waals surface area contributed by atoms with Crippen LogP contribution in [-0.2, 0) is 14.3 Å². The summed E-state index contributed by atoms with van der Waals surface area (Å²) < 4.78 is 5.59. The fourth-order valence-corrected chi connectivity index (χ4v) is 4.37. The lowest BCUT2D eigenvalue weighted by atomic mass is 9.98. The van der Waals surface area contributed by atoms with Gasteiger partial charge in [0.15, 0.2) is 0 Å². The summed E-state index contributed by atoms with van der Waals surface area (Å²) in [5.74, 6) is -1.44. The quantitative estimate of drug-likeness (QED) is 0.454. The number of carboxylic acids is 1. The number of fused-ring (bicyclic) bond motifs is 3. The molecule has 1 unspecified atom stereocenters. The van der Waals surface area contributed by atoms with E-state index in [4.69, 9.17) is 4.74 Å². The van der Waals surface area contributed by atoms with Crippen molar-refractivity contribution in [3.05, 3.63) is 59.7 Å². The standard InChI is InChI=1S/C27H35N3O5/c1-17(2)13-14-23(25(31)28-24(26(32)33)15-30(3)4)29-27(34)35-16-22-20-11-7-5-9-18(20)19-10-6-8-12-21(19)22/h5-12,17,22-24H,13-16H2,1-4H3,(H,28,31)(H,29,34)(H,32,33)/t23?,24-/m0/s1. The summed E-state index contributed by atoms with van der Waals surface area (Å²) in [4.78, 5) is 38.9. The van der Waals surface area contributed by atoms with E-state index >= 15 is 0 Å². The number of nitrogens with one attached hydrogen (secondary N) is 2. The lowest BCUT2D eigenvalue weighted by Crippen LogP contribution is -2.54. The number of amides is 2. The summed E-state index contributed by atoms with van der Waals surface area (Å²) >= 11 is 0. The summed E-state index contributed by atoms with van der Waals surface area (Å²) in [6.07, 6.45) is 0.366. The Bertz CT molecular complexity index is 1010.